The summed E-state index contributed by atoms with van der Waals surface area (Å²) in [5, 5.41) is 10.7. The third-order valence-electron chi connectivity index (χ3n) is 18.5. The van der Waals surface area contributed by atoms with Gasteiger partial charge in [-0.3, -0.25) is 37.3 Å². The van der Waals surface area contributed by atoms with Crippen molar-refractivity contribution in [3.05, 3.63) is 60.8 Å². The van der Waals surface area contributed by atoms with Crippen LogP contribution < -0.4 is 0 Å². The van der Waals surface area contributed by atoms with Gasteiger partial charge in [0.05, 0.1) is 26.4 Å². The number of ether oxygens (including phenoxy) is 4. The number of hydrogen-bond acceptors (Lipinski definition) is 15. The van der Waals surface area contributed by atoms with E-state index in [-0.39, 0.29) is 25.7 Å². The van der Waals surface area contributed by atoms with E-state index >= 15 is 0 Å². The van der Waals surface area contributed by atoms with E-state index in [1.165, 1.54) is 199 Å². The number of allylic oxidation sites excluding steroid dienone is 10. The molecule has 104 heavy (non-hydrogen) atoms. The van der Waals surface area contributed by atoms with Crippen LogP contribution in [0.4, 0.5) is 0 Å². The van der Waals surface area contributed by atoms with Crippen molar-refractivity contribution in [3.63, 3.8) is 0 Å². The van der Waals surface area contributed by atoms with Crippen molar-refractivity contribution in [1.29, 1.82) is 0 Å². The summed E-state index contributed by atoms with van der Waals surface area (Å²) in [6.07, 6.45) is 79.0. The van der Waals surface area contributed by atoms with Gasteiger partial charge in [0.1, 0.15) is 19.3 Å². The summed E-state index contributed by atoms with van der Waals surface area (Å²) in [6, 6.07) is 0. The molecule has 0 saturated carbocycles. The van der Waals surface area contributed by atoms with Gasteiger partial charge in [0, 0.05) is 25.7 Å². The van der Waals surface area contributed by atoms with Crippen molar-refractivity contribution in [2.45, 2.75) is 418 Å². The lowest BCUT2D eigenvalue weighted by Crippen LogP contribution is -2.30. The molecule has 0 radical (unpaired) electrons. The minimum Gasteiger partial charge on any atom is -0.462 e. The number of hydrogen-bond donors (Lipinski definition) is 3. The SMILES string of the molecule is CCCCC/C=C\C/C=C\C/C=C\C/C=C\CCCC(=O)OC[C@H](COP(=O)(O)OC[C@@H](O)COP(=O)(O)OC[C@@H](COC(=O)CCCCCCC/C=C\CCCCCCCC)OC(=O)CCCCCCCCCCCCCCCCCCC)OC(=O)CCCCCCCCCCCCCCCCC. The average molecular weight is 1510 g/mol. The van der Waals surface area contributed by atoms with Crippen LogP contribution in [0.15, 0.2) is 60.8 Å². The van der Waals surface area contributed by atoms with Crippen LogP contribution in [-0.4, -0.2) is 96.7 Å². The quantitative estimate of drug-likeness (QED) is 0.0169. The van der Waals surface area contributed by atoms with Crippen LogP contribution in [-0.2, 0) is 65.4 Å². The van der Waals surface area contributed by atoms with E-state index in [4.69, 9.17) is 37.0 Å². The van der Waals surface area contributed by atoms with Crippen LogP contribution >= 0.6 is 15.6 Å². The predicted molar refractivity (Wildman–Crippen MR) is 427 cm³/mol. The number of aliphatic hydroxyl groups excluding tert-OH is 1. The number of rotatable bonds is 81. The van der Waals surface area contributed by atoms with Crippen LogP contribution in [0.3, 0.4) is 0 Å². The second kappa shape index (κ2) is 77.9. The van der Waals surface area contributed by atoms with Crippen molar-refractivity contribution in [2.24, 2.45) is 0 Å². The summed E-state index contributed by atoms with van der Waals surface area (Å²) < 4.78 is 68.7. The highest BCUT2D eigenvalue weighted by Crippen LogP contribution is 2.45. The summed E-state index contributed by atoms with van der Waals surface area (Å²) >= 11 is 0. The van der Waals surface area contributed by atoms with Gasteiger partial charge in [-0.05, 0) is 89.9 Å². The summed E-state index contributed by atoms with van der Waals surface area (Å²) in [6.45, 7) is 4.88. The zero-order valence-electron chi connectivity index (χ0n) is 66.7. The Labute approximate surface area is 635 Å². The van der Waals surface area contributed by atoms with E-state index in [0.717, 1.165) is 116 Å². The van der Waals surface area contributed by atoms with Gasteiger partial charge in [-0.2, -0.15) is 0 Å². The highest BCUT2D eigenvalue weighted by molar-refractivity contribution is 7.47. The molecule has 0 aliphatic heterocycles. The fourth-order valence-electron chi connectivity index (χ4n) is 12.0. The number of esters is 4. The smallest absolute Gasteiger partial charge is 0.462 e. The molecule has 0 fully saturated rings. The molecule has 0 aromatic rings. The van der Waals surface area contributed by atoms with Crippen molar-refractivity contribution < 1.29 is 80.2 Å². The summed E-state index contributed by atoms with van der Waals surface area (Å²) in [5.74, 6) is -2.21. The molecule has 608 valence electrons. The molecule has 0 aromatic carbocycles. The van der Waals surface area contributed by atoms with Crippen molar-refractivity contribution >= 4 is 39.5 Å². The Morgan fingerprint density at radius 2 is 0.481 bits per heavy atom. The lowest BCUT2D eigenvalue weighted by molar-refractivity contribution is -0.161. The molecule has 0 aromatic heterocycles. The highest BCUT2D eigenvalue weighted by atomic mass is 31.2. The zero-order chi connectivity index (χ0) is 76.0. The summed E-state index contributed by atoms with van der Waals surface area (Å²) in [7, 11) is -9.96. The number of carbonyl (C=O) groups is 4. The molecule has 19 heteroatoms. The molecule has 0 spiro atoms. The zero-order valence-corrected chi connectivity index (χ0v) is 68.5. The van der Waals surface area contributed by atoms with Crippen molar-refractivity contribution in [3.8, 4) is 0 Å². The van der Waals surface area contributed by atoms with Gasteiger partial charge in [-0.15, -0.1) is 0 Å². The van der Waals surface area contributed by atoms with Crippen molar-refractivity contribution in [2.75, 3.05) is 39.6 Å². The van der Waals surface area contributed by atoms with Gasteiger partial charge in [-0.25, -0.2) is 9.13 Å². The minimum atomic E-state index is -4.98. The van der Waals surface area contributed by atoms with Crippen molar-refractivity contribution in [1.82, 2.24) is 0 Å². The normalized spacial score (nSPS) is 14.1. The molecule has 0 rings (SSSR count). The Kier molecular flexibility index (Phi) is 75.5. The first kappa shape index (κ1) is 101. The molecule has 0 amide bonds. The van der Waals surface area contributed by atoms with E-state index in [9.17, 15) is 43.2 Å². The Morgan fingerprint density at radius 1 is 0.269 bits per heavy atom. The first-order valence-electron chi connectivity index (χ1n) is 42.5. The molecule has 0 aliphatic rings. The van der Waals surface area contributed by atoms with E-state index in [0.29, 0.717) is 32.1 Å². The fraction of sp³-hybridized carbons (Fsp3) is 0.835. The molecule has 17 nitrogen and oxygen atoms in total. The molecule has 0 heterocycles. The summed E-state index contributed by atoms with van der Waals surface area (Å²) in [5.41, 5.74) is 0. The number of phosphoric ester groups is 2. The number of carbonyl (C=O) groups excluding carboxylic acids is 4. The van der Waals surface area contributed by atoms with Crippen LogP contribution in [0, 0.1) is 0 Å². The number of phosphoric acid groups is 2. The number of unbranched alkanes of at least 4 members (excludes halogenated alkanes) is 45. The van der Waals surface area contributed by atoms with Gasteiger partial charge in [-0.1, -0.05) is 345 Å². The minimum absolute atomic E-state index is 0.0901. The topological polar surface area (TPSA) is 237 Å². The Bertz CT molecular complexity index is 2200. The van der Waals surface area contributed by atoms with E-state index < -0.39 is 97.5 Å². The van der Waals surface area contributed by atoms with Crippen LogP contribution in [0.5, 0.6) is 0 Å². The Balaban J connectivity index is 5.37. The van der Waals surface area contributed by atoms with Crippen LogP contribution in [0.25, 0.3) is 0 Å². The molecule has 2 unspecified atom stereocenters. The maximum Gasteiger partial charge on any atom is 0.472 e. The fourth-order valence-corrected chi connectivity index (χ4v) is 13.6. The molecular formula is C85H156O17P2. The maximum atomic E-state index is 13.1. The lowest BCUT2D eigenvalue weighted by Gasteiger charge is -2.21. The monoisotopic (exact) mass is 1510 g/mol. The third kappa shape index (κ3) is 76.9. The number of aliphatic hydroxyl groups is 1. The lowest BCUT2D eigenvalue weighted by atomic mass is 10.0. The Hall–Kier alpha value is -3.24. The van der Waals surface area contributed by atoms with E-state index in [1.54, 1.807) is 0 Å². The maximum absolute atomic E-state index is 13.1. The van der Waals surface area contributed by atoms with Gasteiger partial charge in [0.25, 0.3) is 0 Å². The van der Waals surface area contributed by atoms with E-state index in [2.05, 4.69) is 76.3 Å². The molecule has 5 atom stereocenters. The molecule has 0 bridgehead atoms. The molecular weight excluding hydrogens is 1350 g/mol. The molecule has 0 aliphatic carbocycles. The first-order valence-corrected chi connectivity index (χ1v) is 45.5. The Morgan fingerprint density at radius 3 is 0.788 bits per heavy atom. The molecule has 0 saturated heterocycles. The van der Waals surface area contributed by atoms with Crippen LogP contribution in [0.2, 0.25) is 0 Å². The summed E-state index contributed by atoms with van der Waals surface area (Å²) in [4.78, 5) is 73.1. The molecule has 3 N–H and O–H groups in total. The first-order chi connectivity index (χ1) is 50.7. The standard InChI is InChI=1S/C85H156O17P2/c1-5-9-13-17-21-25-29-33-37-39-43-46-50-54-58-62-66-70-83(88)96-76-80(101-84(89)71-67-63-59-55-51-47-42-36-32-28-24-20-16-12-8-4)77-99-103(91,92)97-73-79(86)74-98-104(93,94)100-78-81(75-95-82(87)69-65-61-57-53-49-45-41-35-31-27-23-19-15-11-7-3)102-85(90)72-68-64-60-56-52-48-44-40-38-34-30-26-22-18-14-10-6-2/h21,25,33,35,37,41,43,46,54,58,79-81,86H,5-20,22-24,26-32,34,36,38-40,42,44-45,47-53,55-57,59-78H2,1-4H3,(H,91,92)(H,93,94)/b25-21-,37-33-,41-35-,46-43-,58-54-/t79-,80-,81-/m1/s1. The van der Waals surface area contributed by atoms with E-state index in [1.807, 2.05) is 12.2 Å². The van der Waals surface area contributed by atoms with Gasteiger partial charge < -0.3 is 33.8 Å². The largest absolute Gasteiger partial charge is 0.472 e. The predicted octanol–water partition coefficient (Wildman–Crippen LogP) is 25.0. The van der Waals surface area contributed by atoms with Gasteiger partial charge in [0.15, 0.2) is 12.2 Å². The van der Waals surface area contributed by atoms with Gasteiger partial charge >= 0.3 is 39.5 Å². The van der Waals surface area contributed by atoms with Crippen LogP contribution in [0.1, 0.15) is 400 Å². The second-order valence-electron chi connectivity index (χ2n) is 28.8. The highest BCUT2D eigenvalue weighted by Gasteiger charge is 2.30. The van der Waals surface area contributed by atoms with Gasteiger partial charge in [0.2, 0.25) is 0 Å². The second-order valence-corrected chi connectivity index (χ2v) is 31.7. The average Bonchev–Trinajstić information content (AvgIpc) is 0.909. The third-order valence-corrected chi connectivity index (χ3v) is 20.4.